The van der Waals surface area contributed by atoms with Crippen LogP contribution in [-0.4, -0.2) is 26.2 Å². The average Bonchev–Trinajstić information content (AvgIpc) is 2.33. The second-order valence-corrected chi connectivity index (χ2v) is 5.74. The lowest BCUT2D eigenvalue weighted by Gasteiger charge is -2.19. The van der Waals surface area contributed by atoms with E-state index in [1.807, 2.05) is 38.1 Å². The molecule has 0 aromatic heterocycles. The van der Waals surface area contributed by atoms with Crippen molar-refractivity contribution in [1.29, 1.82) is 0 Å². The smallest absolute Gasteiger partial charge is 0.397 e. The van der Waals surface area contributed by atoms with E-state index in [1.165, 1.54) is 0 Å². The van der Waals surface area contributed by atoms with Crippen molar-refractivity contribution in [2.75, 3.05) is 7.11 Å². The summed E-state index contributed by atoms with van der Waals surface area (Å²) in [6, 6.07) is 7.54. The highest BCUT2D eigenvalue weighted by Crippen LogP contribution is 2.18. The third-order valence-corrected chi connectivity index (χ3v) is 3.36. The molecule has 0 saturated carbocycles. The number of aryl methyl sites for hydroxylation is 1. The van der Waals surface area contributed by atoms with E-state index in [1.54, 1.807) is 7.11 Å². The molecule has 0 radical (unpaired) electrons. The summed E-state index contributed by atoms with van der Waals surface area (Å²) in [5.41, 5.74) is 1.06. The number of rotatable bonds is 7. The van der Waals surface area contributed by atoms with Gasteiger partial charge >= 0.3 is 10.4 Å². The van der Waals surface area contributed by atoms with Crippen LogP contribution in [0.2, 0.25) is 0 Å². The summed E-state index contributed by atoms with van der Waals surface area (Å²) in [5, 5.41) is 0. The average molecular weight is 288 g/mol. The van der Waals surface area contributed by atoms with Gasteiger partial charge in [0.1, 0.15) is 5.75 Å². The molecule has 1 aromatic carbocycles. The Bertz CT molecular complexity index is 478. The Kier molecular flexibility index (Phi) is 5.78. The van der Waals surface area contributed by atoms with Crippen molar-refractivity contribution in [3.63, 3.8) is 0 Å². The van der Waals surface area contributed by atoms with Gasteiger partial charge in [-0.05, 0) is 36.5 Å². The second-order valence-electron chi connectivity index (χ2n) is 4.69. The van der Waals surface area contributed by atoms with E-state index >= 15 is 0 Å². The van der Waals surface area contributed by atoms with Crippen LogP contribution in [0.5, 0.6) is 5.75 Å². The Morgan fingerprint density at radius 2 is 1.79 bits per heavy atom. The maximum atomic E-state index is 10.8. The molecular weight excluding hydrogens is 268 g/mol. The van der Waals surface area contributed by atoms with Gasteiger partial charge in [-0.25, -0.2) is 4.18 Å². The summed E-state index contributed by atoms with van der Waals surface area (Å²) in [6.07, 6.45) is 0.656. The van der Waals surface area contributed by atoms with Gasteiger partial charge in [-0.3, -0.25) is 4.55 Å². The Labute approximate surface area is 114 Å². The van der Waals surface area contributed by atoms with E-state index in [4.69, 9.17) is 9.29 Å². The largest absolute Gasteiger partial charge is 0.497 e. The Morgan fingerprint density at radius 1 is 1.21 bits per heavy atom. The summed E-state index contributed by atoms with van der Waals surface area (Å²) in [4.78, 5) is 0. The van der Waals surface area contributed by atoms with Crippen molar-refractivity contribution in [3.05, 3.63) is 29.8 Å². The van der Waals surface area contributed by atoms with Crippen LogP contribution in [0.25, 0.3) is 0 Å². The van der Waals surface area contributed by atoms with Gasteiger partial charge in [-0.2, -0.15) is 8.42 Å². The fourth-order valence-electron chi connectivity index (χ4n) is 1.75. The van der Waals surface area contributed by atoms with E-state index < -0.39 is 16.5 Å². The Hall–Kier alpha value is -1.11. The highest BCUT2D eigenvalue weighted by atomic mass is 32.3. The molecule has 0 aliphatic heterocycles. The number of benzene rings is 1. The maximum absolute atomic E-state index is 10.8. The zero-order valence-electron chi connectivity index (χ0n) is 11.4. The zero-order chi connectivity index (χ0) is 14.5. The molecule has 0 fully saturated rings. The monoisotopic (exact) mass is 288 g/mol. The van der Waals surface area contributed by atoms with Crippen LogP contribution in [0, 0.1) is 5.92 Å². The number of methoxy groups -OCH3 is 1. The lowest BCUT2D eigenvalue weighted by molar-refractivity contribution is 0.130. The third-order valence-electron chi connectivity index (χ3n) is 2.87. The van der Waals surface area contributed by atoms with Gasteiger partial charge in [0.05, 0.1) is 13.2 Å². The van der Waals surface area contributed by atoms with Crippen LogP contribution < -0.4 is 4.74 Å². The lowest BCUT2D eigenvalue weighted by atomic mass is 9.99. The van der Waals surface area contributed by atoms with Crippen LogP contribution >= 0.6 is 0 Å². The highest BCUT2D eigenvalue weighted by molar-refractivity contribution is 7.80. The summed E-state index contributed by atoms with van der Waals surface area (Å²) in [7, 11) is -2.80. The van der Waals surface area contributed by atoms with Gasteiger partial charge in [0, 0.05) is 0 Å². The second kappa shape index (κ2) is 6.88. The first-order valence-electron chi connectivity index (χ1n) is 6.10. The number of hydrogen-bond donors (Lipinski definition) is 1. The molecule has 1 rings (SSSR count). The molecular formula is C13H20O5S. The van der Waals surface area contributed by atoms with Gasteiger partial charge in [-0.1, -0.05) is 26.0 Å². The molecule has 0 bridgehead atoms. The first kappa shape index (κ1) is 15.9. The van der Waals surface area contributed by atoms with Crippen LogP contribution in [0.3, 0.4) is 0 Å². The van der Waals surface area contributed by atoms with Crippen molar-refractivity contribution >= 4 is 10.4 Å². The van der Waals surface area contributed by atoms with Crippen molar-refractivity contribution in [2.24, 2.45) is 5.92 Å². The molecule has 0 aliphatic rings. The molecule has 0 spiro atoms. The molecule has 0 amide bonds. The Balaban J connectivity index is 2.60. The van der Waals surface area contributed by atoms with Crippen molar-refractivity contribution in [1.82, 2.24) is 0 Å². The predicted octanol–water partition coefficient (Wildman–Crippen LogP) is 2.47. The van der Waals surface area contributed by atoms with Gasteiger partial charge in [0.25, 0.3) is 0 Å². The molecule has 0 aliphatic carbocycles. The first-order valence-corrected chi connectivity index (χ1v) is 7.47. The van der Waals surface area contributed by atoms with E-state index in [2.05, 4.69) is 4.18 Å². The molecule has 1 aromatic rings. The topological polar surface area (TPSA) is 72.8 Å². The molecule has 1 atom stereocenters. The standard InChI is InChI=1S/C13H20O5S/c1-10(2)13(18-19(14,15)16)9-6-11-4-7-12(17-3)8-5-11/h4-5,7-8,10,13H,6,9H2,1-3H3,(H,14,15,16). The molecule has 5 nitrogen and oxygen atoms in total. The minimum atomic E-state index is -4.40. The minimum Gasteiger partial charge on any atom is -0.497 e. The maximum Gasteiger partial charge on any atom is 0.397 e. The lowest BCUT2D eigenvalue weighted by Crippen LogP contribution is -2.24. The van der Waals surface area contributed by atoms with Crippen LogP contribution in [0.15, 0.2) is 24.3 Å². The normalized spacial score (nSPS) is 13.5. The van der Waals surface area contributed by atoms with Crippen molar-refractivity contribution in [2.45, 2.75) is 32.8 Å². The van der Waals surface area contributed by atoms with Gasteiger partial charge in [0.15, 0.2) is 0 Å². The molecule has 0 heterocycles. The first-order chi connectivity index (χ1) is 8.81. The molecule has 19 heavy (non-hydrogen) atoms. The molecule has 108 valence electrons. The quantitative estimate of drug-likeness (QED) is 0.780. The SMILES string of the molecule is COc1ccc(CCC(OS(=O)(=O)O)C(C)C)cc1. The van der Waals surface area contributed by atoms with E-state index in [0.717, 1.165) is 11.3 Å². The summed E-state index contributed by atoms with van der Waals surface area (Å²) >= 11 is 0. The van der Waals surface area contributed by atoms with Crippen LogP contribution in [0.4, 0.5) is 0 Å². The van der Waals surface area contributed by atoms with Gasteiger partial charge in [-0.15, -0.1) is 0 Å². The van der Waals surface area contributed by atoms with E-state index in [-0.39, 0.29) is 5.92 Å². The van der Waals surface area contributed by atoms with E-state index in [0.29, 0.717) is 12.8 Å². The van der Waals surface area contributed by atoms with E-state index in [9.17, 15) is 8.42 Å². The fraction of sp³-hybridized carbons (Fsp3) is 0.538. The predicted molar refractivity (Wildman–Crippen MR) is 72.6 cm³/mol. The van der Waals surface area contributed by atoms with Crippen LogP contribution in [0.1, 0.15) is 25.8 Å². The molecule has 0 saturated heterocycles. The van der Waals surface area contributed by atoms with Crippen molar-refractivity contribution < 1.29 is 21.9 Å². The van der Waals surface area contributed by atoms with Gasteiger partial charge < -0.3 is 4.74 Å². The molecule has 1 unspecified atom stereocenters. The van der Waals surface area contributed by atoms with Gasteiger partial charge in [0.2, 0.25) is 0 Å². The Morgan fingerprint density at radius 3 is 2.21 bits per heavy atom. The third kappa shape index (κ3) is 6.04. The molecule has 1 N–H and O–H groups in total. The zero-order valence-corrected chi connectivity index (χ0v) is 12.2. The number of ether oxygens (including phenoxy) is 1. The van der Waals surface area contributed by atoms with Crippen LogP contribution in [-0.2, 0) is 21.0 Å². The summed E-state index contributed by atoms with van der Waals surface area (Å²) < 4.78 is 40.0. The highest BCUT2D eigenvalue weighted by Gasteiger charge is 2.20. The number of hydrogen-bond acceptors (Lipinski definition) is 4. The molecule has 6 heteroatoms. The minimum absolute atomic E-state index is 0.000161. The van der Waals surface area contributed by atoms with Crippen molar-refractivity contribution in [3.8, 4) is 5.75 Å². The summed E-state index contributed by atoms with van der Waals surface area (Å²) in [5.74, 6) is 0.776. The fourth-order valence-corrected chi connectivity index (χ4v) is 2.38. The summed E-state index contributed by atoms with van der Waals surface area (Å²) in [6.45, 7) is 3.70.